The highest BCUT2D eigenvalue weighted by Crippen LogP contribution is 2.20. The molecule has 4 nitrogen and oxygen atoms in total. The van der Waals surface area contributed by atoms with Gasteiger partial charge in [-0.1, -0.05) is 78.9 Å². The summed E-state index contributed by atoms with van der Waals surface area (Å²) in [6.45, 7) is 0. The molecule has 0 aliphatic carbocycles. The van der Waals surface area contributed by atoms with Gasteiger partial charge in [-0.05, 0) is 33.2 Å². The second-order valence-corrected chi connectivity index (χ2v) is 6.78. The fourth-order valence-corrected chi connectivity index (χ4v) is 3.46. The van der Waals surface area contributed by atoms with E-state index < -0.39 is 12.0 Å². The molecule has 0 saturated carbocycles. The summed E-state index contributed by atoms with van der Waals surface area (Å²) in [5.74, 6) is -1.44. The predicted octanol–water partition coefficient (Wildman–Crippen LogP) is 4.42. The van der Waals surface area contributed by atoms with Crippen LogP contribution in [0.5, 0.6) is 0 Å². The van der Waals surface area contributed by atoms with Crippen molar-refractivity contribution in [2.24, 2.45) is 0 Å². The standard InChI is InChI=1S/C24H19NO3/c26-23(21-11-5-9-18-7-3-4-10-20(18)21)25-22(24(27)28)15-16-12-13-17-6-1-2-8-19(17)14-16/h1-14,22H,15H2,(H,25,26)(H,27,28)/t22-/m0/s1. The van der Waals surface area contributed by atoms with E-state index in [2.05, 4.69) is 5.32 Å². The SMILES string of the molecule is O=C(N[C@@H](Cc1ccc2ccccc2c1)C(=O)O)c1cccc2ccccc12. The highest BCUT2D eigenvalue weighted by molar-refractivity contribution is 6.07. The lowest BCUT2D eigenvalue weighted by molar-refractivity contribution is -0.139. The third-order valence-corrected chi connectivity index (χ3v) is 4.89. The van der Waals surface area contributed by atoms with Gasteiger partial charge >= 0.3 is 5.97 Å². The van der Waals surface area contributed by atoms with Crippen molar-refractivity contribution in [1.29, 1.82) is 0 Å². The van der Waals surface area contributed by atoms with Crippen LogP contribution in [0.25, 0.3) is 21.5 Å². The van der Waals surface area contributed by atoms with Gasteiger partial charge in [0.1, 0.15) is 6.04 Å². The number of carbonyl (C=O) groups is 2. The van der Waals surface area contributed by atoms with E-state index in [1.807, 2.05) is 72.8 Å². The summed E-state index contributed by atoms with van der Waals surface area (Å²) >= 11 is 0. The number of carbonyl (C=O) groups excluding carboxylic acids is 1. The fourth-order valence-electron chi connectivity index (χ4n) is 3.46. The van der Waals surface area contributed by atoms with Crippen LogP contribution in [-0.2, 0) is 11.2 Å². The van der Waals surface area contributed by atoms with Crippen LogP contribution in [0.4, 0.5) is 0 Å². The highest BCUT2D eigenvalue weighted by Gasteiger charge is 2.22. The van der Waals surface area contributed by atoms with Gasteiger partial charge in [-0.3, -0.25) is 4.79 Å². The van der Waals surface area contributed by atoms with E-state index in [0.29, 0.717) is 5.56 Å². The number of benzene rings is 4. The topological polar surface area (TPSA) is 66.4 Å². The maximum absolute atomic E-state index is 12.8. The molecule has 0 aliphatic heterocycles. The minimum absolute atomic E-state index is 0.219. The predicted molar refractivity (Wildman–Crippen MR) is 110 cm³/mol. The van der Waals surface area contributed by atoms with Crippen molar-refractivity contribution in [3.63, 3.8) is 0 Å². The molecule has 2 N–H and O–H groups in total. The van der Waals surface area contributed by atoms with Crippen molar-refractivity contribution in [2.75, 3.05) is 0 Å². The molecule has 4 rings (SSSR count). The number of aliphatic carboxylic acids is 1. The van der Waals surface area contributed by atoms with Crippen molar-refractivity contribution in [2.45, 2.75) is 12.5 Å². The minimum Gasteiger partial charge on any atom is -0.480 e. The van der Waals surface area contributed by atoms with E-state index in [1.54, 1.807) is 12.1 Å². The van der Waals surface area contributed by atoms with Gasteiger partial charge in [0.15, 0.2) is 0 Å². The maximum atomic E-state index is 12.8. The van der Waals surface area contributed by atoms with Crippen molar-refractivity contribution in [3.8, 4) is 0 Å². The van der Waals surface area contributed by atoms with E-state index in [9.17, 15) is 14.7 Å². The number of nitrogens with one attached hydrogen (secondary N) is 1. The first-order valence-electron chi connectivity index (χ1n) is 9.11. The van der Waals surface area contributed by atoms with Crippen molar-refractivity contribution in [1.82, 2.24) is 5.32 Å². The highest BCUT2D eigenvalue weighted by atomic mass is 16.4. The Morgan fingerprint density at radius 1 is 0.786 bits per heavy atom. The third-order valence-electron chi connectivity index (χ3n) is 4.89. The lowest BCUT2D eigenvalue weighted by atomic mass is 10.0. The molecule has 28 heavy (non-hydrogen) atoms. The smallest absolute Gasteiger partial charge is 0.326 e. The monoisotopic (exact) mass is 369 g/mol. The van der Waals surface area contributed by atoms with Crippen LogP contribution in [0, 0.1) is 0 Å². The number of carboxylic acids is 1. The second kappa shape index (κ2) is 7.53. The zero-order valence-corrected chi connectivity index (χ0v) is 15.1. The van der Waals surface area contributed by atoms with Crippen molar-refractivity contribution in [3.05, 3.63) is 96.1 Å². The molecular weight excluding hydrogens is 350 g/mol. The molecule has 0 saturated heterocycles. The quantitative estimate of drug-likeness (QED) is 0.547. The van der Waals surface area contributed by atoms with E-state index in [1.165, 1.54) is 0 Å². The fraction of sp³-hybridized carbons (Fsp3) is 0.0833. The van der Waals surface area contributed by atoms with Gasteiger partial charge in [0, 0.05) is 12.0 Å². The molecular formula is C24H19NO3. The largest absolute Gasteiger partial charge is 0.480 e. The molecule has 4 aromatic rings. The maximum Gasteiger partial charge on any atom is 0.326 e. The summed E-state index contributed by atoms with van der Waals surface area (Å²) in [7, 11) is 0. The Morgan fingerprint density at radius 2 is 1.46 bits per heavy atom. The minimum atomic E-state index is -1.05. The van der Waals surface area contributed by atoms with E-state index in [0.717, 1.165) is 27.1 Å². The van der Waals surface area contributed by atoms with Crippen molar-refractivity contribution < 1.29 is 14.7 Å². The Labute approximate surface area is 162 Å². The Hall–Kier alpha value is -3.66. The van der Waals surface area contributed by atoms with E-state index in [4.69, 9.17) is 0 Å². The van der Waals surface area contributed by atoms with Crippen LogP contribution in [0.2, 0.25) is 0 Å². The molecule has 0 fully saturated rings. The van der Waals surface area contributed by atoms with Gasteiger partial charge < -0.3 is 10.4 Å². The molecule has 0 spiro atoms. The molecule has 4 heteroatoms. The molecule has 1 atom stereocenters. The molecule has 0 heterocycles. The van der Waals surface area contributed by atoms with Gasteiger partial charge in [0.2, 0.25) is 0 Å². The summed E-state index contributed by atoms with van der Waals surface area (Å²) in [6.07, 6.45) is 0.219. The average molecular weight is 369 g/mol. The Bertz CT molecular complexity index is 1180. The summed E-state index contributed by atoms with van der Waals surface area (Å²) < 4.78 is 0. The zero-order chi connectivity index (χ0) is 19.5. The van der Waals surface area contributed by atoms with Crippen LogP contribution in [0.3, 0.4) is 0 Å². The number of rotatable bonds is 5. The average Bonchev–Trinajstić information content (AvgIpc) is 2.72. The zero-order valence-electron chi connectivity index (χ0n) is 15.1. The summed E-state index contributed by atoms with van der Waals surface area (Å²) in [5.41, 5.74) is 1.34. The number of hydrogen-bond acceptors (Lipinski definition) is 2. The lowest BCUT2D eigenvalue weighted by Gasteiger charge is -2.16. The first kappa shape index (κ1) is 17.7. The second-order valence-electron chi connectivity index (χ2n) is 6.78. The van der Waals surface area contributed by atoms with Crippen LogP contribution >= 0.6 is 0 Å². The van der Waals surface area contributed by atoms with Crippen molar-refractivity contribution >= 4 is 33.4 Å². The first-order valence-corrected chi connectivity index (χ1v) is 9.11. The number of hydrogen-bond donors (Lipinski definition) is 2. The van der Waals surface area contributed by atoms with Gasteiger partial charge in [0.25, 0.3) is 5.91 Å². The normalized spacial score (nSPS) is 12.0. The lowest BCUT2D eigenvalue weighted by Crippen LogP contribution is -2.42. The number of carboxylic acid groups (broad SMARTS) is 1. The molecule has 4 aromatic carbocycles. The summed E-state index contributed by atoms with van der Waals surface area (Å²) in [4.78, 5) is 24.6. The van der Waals surface area contributed by atoms with Gasteiger partial charge in [-0.25, -0.2) is 4.79 Å². The molecule has 0 aliphatic rings. The van der Waals surface area contributed by atoms with E-state index in [-0.39, 0.29) is 12.3 Å². The summed E-state index contributed by atoms with van der Waals surface area (Å²) in [5, 5.41) is 16.2. The molecule has 138 valence electrons. The molecule has 0 aromatic heterocycles. The third kappa shape index (κ3) is 3.58. The molecule has 0 radical (unpaired) electrons. The molecule has 0 bridgehead atoms. The molecule has 1 amide bonds. The first-order chi connectivity index (χ1) is 13.6. The van der Waals surface area contributed by atoms with Gasteiger partial charge in [-0.15, -0.1) is 0 Å². The number of amides is 1. The summed E-state index contributed by atoms with van der Waals surface area (Å²) in [6, 6.07) is 25.8. The van der Waals surface area contributed by atoms with E-state index >= 15 is 0 Å². The number of fused-ring (bicyclic) bond motifs is 2. The Kier molecular flexibility index (Phi) is 4.77. The van der Waals surface area contributed by atoms with Crippen LogP contribution < -0.4 is 5.32 Å². The molecule has 0 unspecified atom stereocenters. The van der Waals surface area contributed by atoms with Crippen LogP contribution in [0.15, 0.2) is 84.9 Å². The van der Waals surface area contributed by atoms with Gasteiger partial charge in [0.05, 0.1) is 0 Å². The van der Waals surface area contributed by atoms with Crippen LogP contribution in [0.1, 0.15) is 15.9 Å². The Balaban J connectivity index is 1.59. The van der Waals surface area contributed by atoms with Gasteiger partial charge in [-0.2, -0.15) is 0 Å². The van der Waals surface area contributed by atoms with Crippen LogP contribution in [-0.4, -0.2) is 23.0 Å². The Morgan fingerprint density at radius 3 is 2.25 bits per heavy atom.